The van der Waals surface area contributed by atoms with Crippen LogP contribution in [0.5, 0.6) is 0 Å². The van der Waals surface area contributed by atoms with E-state index in [0.29, 0.717) is 23.3 Å². The fourth-order valence-corrected chi connectivity index (χ4v) is 3.51. The predicted molar refractivity (Wildman–Crippen MR) is 120 cm³/mol. The molecule has 1 fully saturated rings. The number of nitrogens with zero attached hydrogens (tertiary/aromatic N) is 5. The number of carbonyl (C=O) groups is 1. The van der Waals surface area contributed by atoms with Crippen molar-refractivity contribution in [1.29, 1.82) is 0 Å². The number of halogens is 1. The standard InChI is InChI=1S/C22H25ClN6O2/c1-15(2)21-26-22(31-27-21)16-7-8-24-19(13-16)29-11-9-28(10-12-29)14-20(30)25-18-5-3-17(23)4-6-18/h3-8,13,15H,9-12,14H2,1-2H3,(H,25,30). The summed E-state index contributed by atoms with van der Waals surface area (Å²) in [4.78, 5) is 25.6. The van der Waals surface area contributed by atoms with Crippen molar-refractivity contribution in [3.8, 4) is 11.5 Å². The summed E-state index contributed by atoms with van der Waals surface area (Å²) in [6.07, 6.45) is 1.76. The number of aromatic nitrogens is 3. The predicted octanol–water partition coefficient (Wildman–Crippen LogP) is 3.67. The molecule has 0 saturated carbocycles. The van der Waals surface area contributed by atoms with Gasteiger partial charge in [-0.1, -0.05) is 30.6 Å². The van der Waals surface area contributed by atoms with Gasteiger partial charge in [0.25, 0.3) is 5.89 Å². The monoisotopic (exact) mass is 440 g/mol. The van der Waals surface area contributed by atoms with Crippen molar-refractivity contribution in [2.45, 2.75) is 19.8 Å². The van der Waals surface area contributed by atoms with Crippen molar-refractivity contribution in [2.24, 2.45) is 0 Å². The number of hydrogen-bond acceptors (Lipinski definition) is 7. The molecule has 1 aromatic carbocycles. The molecule has 0 spiro atoms. The van der Waals surface area contributed by atoms with E-state index in [0.717, 1.165) is 43.2 Å². The molecule has 31 heavy (non-hydrogen) atoms. The van der Waals surface area contributed by atoms with Gasteiger partial charge in [0.2, 0.25) is 5.91 Å². The molecule has 1 aliphatic rings. The molecule has 1 N–H and O–H groups in total. The van der Waals surface area contributed by atoms with Crippen LogP contribution in [0.15, 0.2) is 47.1 Å². The summed E-state index contributed by atoms with van der Waals surface area (Å²) >= 11 is 5.88. The van der Waals surface area contributed by atoms with Crippen LogP contribution in [-0.4, -0.2) is 58.7 Å². The van der Waals surface area contributed by atoms with Gasteiger partial charge < -0.3 is 14.7 Å². The van der Waals surface area contributed by atoms with Crippen LogP contribution in [-0.2, 0) is 4.79 Å². The minimum atomic E-state index is -0.0340. The number of rotatable bonds is 6. The average molecular weight is 441 g/mol. The van der Waals surface area contributed by atoms with Gasteiger partial charge in [0.1, 0.15) is 5.82 Å². The highest BCUT2D eigenvalue weighted by atomic mass is 35.5. The van der Waals surface area contributed by atoms with E-state index in [4.69, 9.17) is 16.1 Å². The Hall–Kier alpha value is -2.97. The molecule has 162 valence electrons. The molecule has 4 rings (SSSR count). The van der Waals surface area contributed by atoms with E-state index in [1.165, 1.54) is 0 Å². The van der Waals surface area contributed by atoms with Gasteiger partial charge in [0.15, 0.2) is 5.82 Å². The van der Waals surface area contributed by atoms with Crippen molar-refractivity contribution in [2.75, 3.05) is 42.9 Å². The highest BCUT2D eigenvalue weighted by molar-refractivity contribution is 6.30. The summed E-state index contributed by atoms with van der Waals surface area (Å²) < 4.78 is 5.40. The fourth-order valence-electron chi connectivity index (χ4n) is 3.38. The van der Waals surface area contributed by atoms with Gasteiger partial charge in [-0.25, -0.2) is 4.98 Å². The second kappa shape index (κ2) is 9.45. The number of pyridine rings is 1. The molecule has 3 aromatic rings. The number of benzene rings is 1. The molecule has 9 heteroatoms. The summed E-state index contributed by atoms with van der Waals surface area (Å²) in [6.45, 7) is 7.53. The Morgan fingerprint density at radius 1 is 1.16 bits per heavy atom. The molecule has 0 radical (unpaired) electrons. The minimum absolute atomic E-state index is 0.0340. The second-order valence-electron chi connectivity index (χ2n) is 7.83. The molecule has 3 heterocycles. The third-order valence-electron chi connectivity index (χ3n) is 5.14. The third-order valence-corrected chi connectivity index (χ3v) is 5.39. The Morgan fingerprint density at radius 3 is 2.58 bits per heavy atom. The lowest BCUT2D eigenvalue weighted by Crippen LogP contribution is -2.48. The summed E-state index contributed by atoms with van der Waals surface area (Å²) in [6, 6.07) is 11.0. The maximum atomic E-state index is 12.3. The van der Waals surface area contributed by atoms with Gasteiger partial charge >= 0.3 is 0 Å². The van der Waals surface area contributed by atoms with Gasteiger partial charge in [-0.3, -0.25) is 9.69 Å². The molecular formula is C22H25ClN6O2. The van der Waals surface area contributed by atoms with Crippen LogP contribution in [0.25, 0.3) is 11.5 Å². The minimum Gasteiger partial charge on any atom is -0.354 e. The lowest BCUT2D eigenvalue weighted by atomic mass is 10.2. The van der Waals surface area contributed by atoms with Crippen molar-refractivity contribution >= 4 is 29.0 Å². The average Bonchev–Trinajstić information content (AvgIpc) is 3.27. The summed E-state index contributed by atoms with van der Waals surface area (Å²) in [7, 11) is 0. The molecule has 0 unspecified atom stereocenters. The van der Waals surface area contributed by atoms with Crippen LogP contribution < -0.4 is 10.2 Å². The third kappa shape index (κ3) is 5.39. The van der Waals surface area contributed by atoms with E-state index >= 15 is 0 Å². The first-order chi connectivity index (χ1) is 15.0. The molecule has 1 aliphatic heterocycles. The quantitative estimate of drug-likeness (QED) is 0.625. The zero-order chi connectivity index (χ0) is 21.8. The maximum Gasteiger partial charge on any atom is 0.258 e. The smallest absolute Gasteiger partial charge is 0.258 e. The largest absolute Gasteiger partial charge is 0.354 e. The number of anilines is 2. The van der Waals surface area contributed by atoms with E-state index < -0.39 is 0 Å². The molecule has 0 aliphatic carbocycles. The summed E-state index contributed by atoms with van der Waals surface area (Å²) in [5, 5.41) is 7.59. The molecular weight excluding hydrogens is 416 g/mol. The normalized spacial score (nSPS) is 14.8. The van der Waals surface area contributed by atoms with Crippen LogP contribution >= 0.6 is 11.6 Å². The van der Waals surface area contributed by atoms with Gasteiger partial charge in [-0.2, -0.15) is 4.98 Å². The van der Waals surface area contributed by atoms with Crippen LogP contribution in [0.2, 0.25) is 5.02 Å². The van der Waals surface area contributed by atoms with Crippen molar-refractivity contribution in [3.63, 3.8) is 0 Å². The number of piperazine rings is 1. The van der Waals surface area contributed by atoms with Crippen molar-refractivity contribution in [3.05, 3.63) is 53.4 Å². The molecule has 1 saturated heterocycles. The fraction of sp³-hybridized carbons (Fsp3) is 0.364. The van der Waals surface area contributed by atoms with Crippen LogP contribution in [0.4, 0.5) is 11.5 Å². The number of nitrogens with one attached hydrogen (secondary N) is 1. The summed E-state index contributed by atoms with van der Waals surface area (Å²) in [5.74, 6) is 2.24. The molecule has 1 amide bonds. The topological polar surface area (TPSA) is 87.4 Å². The van der Waals surface area contributed by atoms with Gasteiger partial charge in [0, 0.05) is 54.6 Å². The summed E-state index contributed by atoms with van der Waals surface area (Å²) in [5.41, 5.74) is 1.60. The zero-order valence-electron chi connectivity index (χ0n) is 17.6. The molecule has 8 nitrogen and oxygen atoms in total. The Bertz CT molecular complexity index is 1030. The second-order valence-corrected chi connectivity index (χ2v) is 8.27. The highest BCUT2D eigenvalue weighted by Gasteiger charge is 2.21. The first kappa shape index (κ1) is 21.3. The van der Waals surface area contributed by atoms with E-state index in [1.807, 2.05) is 26.0 Å². The zero-order valence-corrected chi connectivity index (χ0v) is 18.3. The van der Waals surface area contributed by atoms with Crippen molar-refractivity contribution in [1.82, 2.24) is 20.0 Å². The van der Waals surface area contributed by atoms with Gasteiger partial charge in [-0.15, -0.1) is 0 Å². The SMILES string of the molecule is CC(C)c1noc(-c2ccnc(N3CCN(CC(=O)Nc4ccc(Cl)cc4)CC3)c2)n1. The number of hydrogen-bond donors (Lipinski definition) is 1. The van der Waals surface area contributed by atoms with Gasteiger partial charge in [-0.05, 0) is 36.4 Å². The first-order valence-electron chi connectivity index (χ1n) is 10.3. The number of carbonyl (C=O) groups excluding carboxylic acids is 1. The Kier molecular flexibility index (Phi) is 6.48. The lowest BCUT2D eigenvalue weighted by molar-refractivity contribution is -0.117. The van der Waals surface area contributed by atoms with Crippen LogP contribution in [0.3, 0.4) is 0 Å². The van der Waals surface area contributed by atoms with Gasteiger partial charge in [0.05, 0.1) is 6.54 Å². The Balaban J connectivity index is 1.32. The van der Waals surface area contributed by atoms with Crippen molar-refractivity contribution < 1.29 is 9.32 Å². The Labute approximate surface area is 186 Å². The van der Waals surface area contributed by atoms with E-state index in [9.17, 15) is 4.79 Å². The molecule has 0 atom stereocenters. The van der Waals surface area contributed by atoms with E-state index in [1.54, 1.807) is 30.5 Å². The van der Waals surface area contributed by atoms with E-state index in [-0.39, 0.29) is 11.8 Å². The van der Waals surface area contributed by atoms with Crippen LogP contribution in [0.1, 0.15) is 25.6 Å². The first-order valence-corrected chi connectivity index (χ1v) is 10.7. The highest BCUT2D eigenvalue weighted by Crippen LogP contribution is 2.24. The number of amides is 1. The maximum absolute atomic E-state index is 12.3. The molecule has 0 bridgehead atoms. The van der Waals surface area contributed by atoms with Crippen LogP contribution in [0, 0.1) is 0 Å². The lowest BCUT2D eigenvalue weighted by Gasteiger charge is -2.35. The Morgan fingerprint density at radius 2 is 1.90 bits per heavy atom. The molecule has 2 aromatic heterocycles. The van der Waals surface area contributed by atoms with E-state index in [2.05, 4.69) is 30.2 Å².